The van der Waals surface area contributed by atoms with Gasteiger partial charge >= 0.3 is 5.97 Å². The number of hydrogen-bond acceptors (Lipinski definition) is 3. The summed E-state index contributed by atoms with van der Waals surface area (Å²) in [6.45, 7) is 4.06. The zero-order valence-corrected chi connectivity index (χ0v) is 11.9. The molecule has 0 aliphatic rings. The first-order chi connectivity index (χ1) is 9.08. The van der Waals surface area contributed by atoms with Gasteiger partial charge in [0, 0.05) is 10.6 Å². The number of anilines is 1. The lowest BCUT2D eigenvalue weighted by atomic mass is 10.1. The second-order valence-electron chi connectivity index (χ2n) is 4.55. The number of nitrogens with zero attached hydrogens (tertiary/aromatic N) is 1. The highest BCUT2D eigenvalue weighted by atomic mass is 32.1. The Hall–Kier alpha value is -1.81. The van der Waals surface area contributed by atoms with E-state index >= 15 is 0 Å². The van der Waals surface area contributed by atoms with Gasteiger partial charge in [0.15, 0.2) is 0 Å². The number of hydrogen-bond donors (Lipinski definition) is 1. The van der Waals surface area contributed by atoms with E-state index in [1.54, 1.807) is 11.3 Å². The lowest BCUT2D eigenvalue weighted by molar-refractivity contribution is -0.135. The second-order valence-corrected chi connectivity index (χ2v) is 5.53. The average Bonchev–Trinajstić information content (AvgIpc) is 2.90. The monoisotopic (exact) mass is 275 g/mol. The van der Waals surface area contributed by atoms with Gasteiger partial charge in [0.25, 0.3) is 0 Å². The zero-order chi connectivity index (χ0) is 13.8. The standard InChI is InChI=1S/C15H17NO2S/c1-11-5-7-13(8-6-11)16(10-15(17)18)12(2)14-4-3-9-19-14/h3-9,12H,10H2,1-2H3,(H,17,18). The summed E-state index contributed by atoms with van der Waals surface area (Å²) < 4.78 is 0. The van der Waals surface area contributed by atoms with Crippen molar-refractivity contribution in [3.8, 4) is 0 Å². The summed E-state index contributed by atoms with van der Waals surface area (Å²) in [6.07, 6.45) is 0. The number of aliphatic carboxylic acids is 1. The Balaban J connectivity index is 2.30. The van der Waals surface area contributed by atoms with Gasteiger partial charge in [0.1, 0.15) is 6.54 Å². The van der Waals surface area contributed by atoms with E-state index in [2.05, 4.69) is 0 Å². The molecule has 0 spiro atoms. The summed E-state index contributed by atoms with van der Waals surface area (Å²) in [4.78, 5) is 14.2. The van der Waals surface area contributed by atoms with Crippen molar-refractivity contribution < 1.29 is 9.90 Å². The van der Waals surface area contributed by atoms with Crippen LogP contribution in [0.2, 0.25) is 0 Å². The predicted molar refractivity (Wildman–Crippen MR) is 78.9 cm³/mol. The second kappa shape index (κ2) is 5.89. The lowest BCUT2D eigenvalue weighted by Crippen LogP contribution is -2.31. The fraction of sp³-hybridized carbons (Fsp3) is 0.267. The predicted octanol–water partition coefficient (Wildman–Crippen LogP) is 3.71. The highest BCUT2D eigenvalue weighted by molar-refractivity contribution is 7.10. The fourth-order valence-corrected chi connectivity index (χ4v) is 2.81. The van der Waals surface area contributed by atoms with Gasteiger partial charge in [0.2, 0.25) is 0 Å². The van der Waals surface area contributed by atoms with Crippen LogP contribution >= 0.6 is 11.3 Å². The Morgan fingerprint density at radius 3 is 2.53 bits per heavy atom. The lowest BCUT2D eigenvalue weighted by Gasteiger charge is -2.29. The maximum absolute atomic E-state index is 11.1. The molecule has 2 rings (SSSR count). The van der Waals surface area contributed by atoms with Crippen molar-refractivity contribution in [1.82, 2.24) is 0 Å². The Bertz CT molecular complexity index is 534. The maximum atomic E-state index is 11.1. The topological polar surface area (TPSA) is 40.5 Å². The van der Waals surface area contributed by atoms with Crippen LogP contribution in [-0.2, 0) is 4.79 Å². The molecule has 0 saturated carbocycles. The van der Waals surface area contributed by atoms with E-state index in [1.165, 1.54) is 10.4 Å². The van der Waals surface area contributed by atoms with Crippen LogP contribution in [0, 0.1) is 6.92 Å². The minimum absolute atomic E-state index is 0.00211. The molecule has 1 aromatic carbocycles. The Morgan fingerprint density at radius 1 is 1.32 bits per heavy atom. The van der Waals surface area contributed by atoms with Gasteiger partial charge in [0.05, 0.1) is 6.04 Å². The molecule has 1 N–H and O–H groups in total. The molecule has 19 heavy (non-hydrogen) atoms. The minimum Gasteiger partial charge on any atom is -0.480 e. The van der Waals surface area contributed by atoms with Crippen molar-refractivity contribution in [3.63, 3.8) is 0 Å². The fourth-order valence-electron chi connectivity index (χ4n) is 2.02. The van der Waals surface area contributed by atoms with E-state index in [0.29, 0.717) is 0 Å². The highest BCUT2D eigenvalue weighted by Crippen LogP contribution is 2.29. The van der Waals surface area contributed by atoms with E-state index in [1.807, 2.05) is 60.5 Å². The summed E-state index contributed by atoms with van der Waals surface area (Å²) in [5, 5.41) is 11.1. The number of rotatable bonds is 5. The van der Waals surface area contributed by atoms with Crippen LogP contribution < -0.4 is 4.90 Å². The van der Waals surface area contributed by atoms with Crippen molar-refractivity contribution in [1.29, 1.82) is 0 Å². The Labute approximate surface area is 117 Å². The van der Waals surface area contributed by atoms with E-state index in [9.17, 15) is 4.79 Å². The third kappa shape index (κ3) is 3.35. The quantitative estimate of drug-likeness (QED) is 0.904. The molecule has 0 radical (unpaired) electrons. The minimum atomic E-state index is -0.816. The normalized spacial score (nSPS) is 12.1. The van der Waals surface area contributed by atoms with Gasteiger partial charge in [-0.3, -0.25) is 4.79 Å². The van der Waals surface area contributed by atoms with Crippen LogP contribution in [0.4, 0.5) is 5.69 Å². The van der Waals surface area contributed by atoms with Crippen molar-refractivity contribution >= 4 is 23.0 Å². The summed E-state index contributed by atoms with van der Waals surface area (Å²) >= 11 is 1.65. The number of aryl methyl sites for hydroxylation is 1. The molecule has 0 aliphatic carbocycles. The molecule has 2 aromatic rings. The van der Waals surface area contributed by atoms with Gasteiger partial charge in [-0.2, -0.15) is 0 Å². The molecule has 1 unspecified atom stereocenters. The molecular formula is C15H17NO2S. The maximum Gasteiger partial charge on any atom is 0.323 e. The first-order valence-electron chi connectivity index (χ1n) is 6.16. The third-order valence-electron chi connectivity index (χ3n) is 3.09. The molecule has 4 heteroatoms. The van der Waals surface area contributed by atoms with Crippen molar-refractivity contribution in [2.75, 3.05) is 11.4 Å². The number of carbonyl (C=O) groups is 1. The van der Waals surface area contributed by atoms with Crippen LogP contribution in [0.5, 0.6) is 0 Å². The van der Waals surface area contributed by atoms with E-state index in [4.69, 9.17) is 5.11 Å². The summed E-state index contributed by atoms with van der Waals surface area (Å²) in [5.74, 6) is -0.816. The smallest absolute Gasteiger partial charge is 0.323 e. The largest absolute Gasteiger partial charge is 0.480 e. The highest BCUT2D eigenvalue weighted by Gasteiger charge is 2.19. The average molecular weight is 275 g/mol. The number of carboxylic acid groups (broad SMARTS) is 1. The van der Waals surface area contributed by atoms with Gasteiger partial charge in [-0.15, -0.1) is 11.3 Å². The molecule has 0 aliphatic heterocycles. The molecule has 1 aromatic heterocycles. The van der Waals surface area contributed by atoms with Gasteiger partial charge in [-0.1, -0.05) is 23.8 Å². The molecule has 0 fully saturated rings. The van der Waals surface area contributed by atoms with Crippen molar-refractivity contribution in [2.45, 2.75) is 19.9 Å². The van der Waals surface area contributed by atoms with Crippen LogP contribution in [-0.4, -0.2) is 17.6 Å². The summed E-state index contributed by atoms with van der Waals surface area (Å²) in [7, 11) is 0. The number of benzene rings is 1. The molecule has 1 atom stereocenters. The SMILES string of the molecule is Cc1ccc(N(CC(=O)O)C(C)c2cccs2)cc1. The molecule has 0 amide bonds. The molecule has 3 nitrogen and oxygen atoms in total. The van der Waals surface area contributed by atoms with Crippen LogP contribution in [0.15, 0.2) is 41.8 Å². The van der Waals surface area contributed by atoms with Gasteiger partial charge < -0.3 is 10.0 Å². The Morgan fingerprint density at radius 2 is 2.00 bits per heavy atom. The van der Waals surface area contributed by atoms with Crippen LogP contribution in [0.1, 0.15) is 23.4 Å². The zero-order valence-electron chi connectivity index (χ0n) is 11.0. The number of thiophene rings is 1. The molecule has 100 valence electrons. The first-order valence-corrected chi connectivity index (χ1v) is 7.04. The number of carboxylic acids is 1. The Kier molecular flexibility index (Phi) is 4.22. The molecular weight excluding hydrogens is 258 g/mol. The van der Waals surface area contributed by atoms with Crippen molar-refractivity contribution in [2.24, 2.45) is 0 Å². The van der Waals surface area contributed by atoms with E-state index < -0.39 is 5.97 Å². The first kappa shape index (κ1) is 13.6. The van der Waals surface area contributed by atoms with Crippen LogP contribution in [0.25, 0.3) is 0 Å². The molecule has 0 bridgehead atoms. The van der Waals surface area contributed by atoms with Crippen LogP contribution in [0.3, 0.4) is 0 Å². The van der Waals surface area contributed by atoms with E-state index in [0.717, 1.165) is 5.69 Å². The summed E-state index contributed by atoms with van der Waals surface area (Å²) in [6, 6.07) is 12.0. The third-order valence-corrected chi connectivity index (χ3v) is 4.14. The van der Waals surface area contributed by atoms with Gasteiger partial charge in [-0.25, -0.2) is 0 Å². The van der Waals surface area contributed by atoms with E-state index in [-0.39, 0.29) is 12.6 Å². The molecule has 1 heterocycles. The molecule has 0 saturated heterocycles. The van der Waals surface area contributed by atoms with Gasteiger partial charge in [-0.05, 0) is 37.4 Å². The van der Waals surface area contributed by atoms with Crippen molar-refractivity contribution in [3.05, 3.63) is 52.2 Å². The summed E-state index contributed by atoms with van der Waals surface area (Å²) in [5.41, 5.74) is 2.11.